The number of hydrogen-bond acceptors (Lipinski definition) is 3. The van der Waals surface area contributed by atoms with Crippen LogP contribution in [0.1, 0.15) is 16.1 Å². The molecule has 1 amide bonds. The van der Waals surface area contributed by atoms with Crippen molar-refractivity contribution in [3.8, 4) is 5.69 Å². The average Bonchev–Trinajstić information content (AvgIpc) is 3.02. The van der Waals surface area contributed by atoms with Crippen molar-refractivity contribution >= 4 is 33.6 Å². The Morgan fingerprint density at radius 3 is 2.69 bits per heavy atom. The first kappa shape index (κ1) is 18.7. The predicted octanol–water partition coefficient (Wildman–Crippen LogP) is 4.60. The molecule has 134 valence electrons. The molecule has 0 aliphatic heterocycles. The Balaban J connectivity index is 1.58. The van der Waals surface area contributed by atoms with Crippen molar-refractivity contribution in [3.05, 3.63) is 76.3 Å². The van der Waals surface area contributed by atoms with Crippen molar-refractivity contribution in [1.29, 1.82) is 0 Å². The standard InChI is InChI=1S/C19H17BrFN3OS/c1-13-16(12-23-24(13)18-5-3-2-4-17(18)21)19(25)22-10-11-26-15-8-6-14(20)7-9-15/h2-9,12H,10-11H2,1H3,(H,22,25). The van der Waals surface area contributed by atoms with Gasteiger partial charge in [0.25, 0.3) is 5.91 Å². The van der Waals surface area contributed by atoms with E-state index in [4.69, 9.17) is 0 Å². The second kappa shape index (κ2) is 8.51. The summed E-state index contributed by atoms with van der Waals surface area (Å²) in [6, 6.07) is 14.4. The number of nitrogens with one attached hydrogen (secondary N) is 1. The van der Waals surface area contributed by atoms with Crippen molar-refractivity contribution in [3.63, 3.8) is 0 Å². The van der Waals surface area contributed by atoms with Crippen molar-refractivity contribution in [2.75, 3.05) is 12.3 Å². The lowest BCUT2D eigenvalue weighted by Crippen LogP contribution is -2.26. The molecule has 0 aliphatic carbocycles. The van der Waals surface area contributed by atoms with E-state index in [1.54, 1.807) is 36.9 Å². The van der Waals surface area contributed by atoms with Gasteiger partial charge in [-0.2, -0.15) is 5.10 Å². The van der Waals surface area contributed by atoms with Crippen LogP contribution in [0.4, 0.5) is 4.39 Å². The van der Waals surface area contributed by atoms with E-state index in [-0.39, 0.29) is 11.7 Å². The minimum absolute atomic E-state index is 0.207. The zero-order valence-electron chi connectivity index (χ0n) is 14.1. The summed E-state index contributed by atoms with van der Waals surface area (Å²) < 4.78 is 16.4. The molecule has 3 aromatic rings. The Hall–Kier alpha value is -2.12. The summed E-state index contributed by atoms with van der Waals surface area (Å²) in [5.74, 6) is 0.173. The second-order valence-corrected chi connectivity index (χ2v) is 7.65. The smallest absolute Gasteiger partial charge is 0.254 e. The molecular formula is C19H17BrFN3OS. The lowest BCUT2D eigenvalue weighted by Gasteiger charge is -2.07. The van der Waals surface area contributed by atoms with Gasteiger partial charge in [0.1, 0.15) is 11.5 Å². The van der Waals surface area contributed by atoms with Gasteiger partial charge in [-0.05, 0) is 43.3 Å². The zero-order valence-corrected chi connectivity index (χ0v) is 16.5. The number of aromatic nitrogens is 2. The lowest BCUT2D eigenvalue weighted by atomic mass is 10.2. The van der Waals surface area contributed by atoms with Gasteiger partial charge in [0.2, 0.25) is 0 Å². The second-order valence-electron chi connectivity index (χ2n) is 5.57. The lowest BCUT2D eigenvalue weighted by molar-refractivity contribution is 0.0955. The largest absolute Gasteiger partial charge is 0.351 e. The Kier molecular flexibility index (Phi) is 6.11. The van der Waals surface area contributed by atoms with Crippen LogP contribution >= 0.6 is 27.7 Å². The number of thioether (sulfide) groups is 1. The molecule has 26 heavy (non-hydrogen) atoms. The van der Waals surface area contributed by atoms with Crippen LogP contribution in [0.5, 0.6) is 0 Å². The number of amides is 1. The molecule has 1 aromatic heterocycles. The quantitative estimate of drug-likeness (QED) is 0.456. The molecule has 1 heterocycles. The van der Waals surface area contributed by atoms with Crippen LogP contribution < -0.4 is 5.32 Å². The maximum atomic E-state index is 13.9. The van der Waals surface area contributed by atoms with E-state index in [1.807, 2.05) is 24.3 Å². The zero-order chi connectivity index (χ0) is 18.5. The number of benzene rings is 2. The molecule has 1 N–H and O–H groups in total. The van der Waals surface area contributed by atoms with Crippen LogP contribution in [-0.4, -0.2) is 28.0 Å². The highest BCUT2D eigenvalue weighted by atomic mass is 79.9. The molecule has 0 atom stereocenters. The van der Waals surface area contributed by atoms with E-state index < -0.39 is 0 Å². The SMILES string of the molecule is Cc1c(C(=O)NCCSc2ccc(Br)cc2)cnn1-c1ccccc1F. The van der Waals surface area contributed by atoms with E-state index in [0.717, 1.165) is 15.1 Å². The highest BCUT2D eigenvalue weighted by Gasteiger charge is 2.16. The predicted molar refractivity (Wildman–Crippen MR) is 105 cm³/mol. The highest BCUT2D eigenvalue weighted by molar-refractivity contribution is 9.10. The van der Waals surface area contributed by atoms with Crippen molar-refractivity contribution in [1.82, 2.24) is 15.1 Å². The fourth-order valence-electron chi connectivity index (χ4n) is 2.46. The number of para-hydroxylation sites is 1. The summed E-state index contributed by atoms with van der Waals surface area (Å²) in [6.45, 7) is 2.29. The van der Waals surface area contributed by atoms with Gasteiger partial charge in [-0.1, -0.05) is 28.1 Å². The summed E-state index contributed by atoms with van der Waals surface area (Å²) in [6.07, 6.45) is 1.47. The topological polar surface area (TPSA) is 46.9 Å². The van der Waals surface area contributed by atoms with Gasteiger partial charge in [0.15, 0.2) is 0 Å². The van der Waals surface area contributed by atoms with Gasteiger partial charge < -0.3 is 5.32 Å². The molecule has 0 bridgehead atoms. The van der Waals surface area contributed by atoms with Gasteiger partial charge in [-0.25, -0.2) is 9.07 Å². The van der Waals surface area contributed by atoms with Gasteiger partial charge in [-0.15, -0.1) is 11.8 Å². The minimum atomic E-state index is -0.378. The molecule has 0 fully saturated rings. The number of rotatable bonds is 6. The summed E-state index contributed by atoms with van der Waals surface area (Å²) in [5.41, 5.74) is 1.38. The summed E-state index contributed by atoms with van der Waals surface area (Å²) >= 11 is 5.07. The van der Waals surface area contributed by atoms with E-state index in [9.17, 15) is 9.18 Å². The third-order valence-electron chi connectivity index (χ3n) is 3.81. The van der Waals surface area contributed by atoms with Crippen LogP contribution in [0.25, 0.3) is 5.69 Å². The molecule has 0 saturated carbocycles. The van der Waals surface area contributed by atoms with Gasteiger partial charge in [0.05, 0.1) is 17.5 Å². The Bertz CT molecular complexity index is 911. The summed E-state index contributed by atoms with van der Waals surface area (Å²) in [4.78, 5) is 13.5. The normalized spacial score (nSPS) is 10.7. The molecule has 0 spiro atoms. The number of carbonyl (C=O) groups is 1. The number of halogens is 2. The van der Waals surface area contributed by atoms with E-state index in [2.05, 4.69) is 26.3 Å². The van der Waals surface area contributed by atoms with Crippen LogP contribution in [0.15, 0.2) is 64.1 Å². The Morgan fingerprint density at radius 1 is 1.23 bits per heavy atom. The van der Waals surface area contributed by atoms with Crippen molar-refractivity contribution in [2.24, 2.45) is 0 Å². The fraction of sp³-hybridized carbons (Fsp3) is 0.158. The molecule has 3 rings (SSSR count). The third kappa shape index (κ3) is 4.34. The summed E-state index contributed by atoms with van der Waals surface area (Å²) in [7, 11) is 0. The molecule has 4 nitrogen and oxygen atoms in total. The minimum Gasteiger partial charge on any atom is -0.351 e. The molecule has 0 aliphatic rings. The molecule has 7 heteroatoms. The van der Waals surface area contributed by atoms with Crippen LogP contribution in [-0.2, 0) is 0 Å². The van der Waals surface area contributed by atoms with Crippen molar-refractivity contribution in [2.45, 2.75) is 11.8 Å². The van der Waals surface area contributed by atoms with Gasteiger partial charge in [-0.3, -0.25) is 4.79 Å². The molecule has 0 unspecified atom stereocenters. The van der Waals surface area contributed by atoms with Crippen LogP contribution in [0.2, 0.25) is 0 Å². The highest BCUT2D eigenvalue weighted by Crippen LogP contribution is 2.20. The van der Waals surface area contributed by atoms with Crippen molar-refractivity contribution < 1.29 is 9.18 Å². The van der Waals surface area contributed by atoms with E-state index >= 15 is 0 Å². The monoisotopic (exact) mass is 433 g/mol. The number of carbonyl (C=O) groups excluding carboxylic acids is 1. The maximum Gasteiger partial charge on any atom is 0.254 e. The van der Waals surface area contributed by atoms with Crippen LogP contribution in [0.3, 0.4) is 0 Å². The number of hydrogen-bond donors (Lipinski definition) is 1. The first-order valence-electron chi connectivity index (χ1n) is 8.02. The Morgan fingerprint density at radius 2 is 1.96 bits per heavy atom. The molecule has 0 radical (unpaired) electrons. The molecule has 2 aromatic carbocycles. The summed E-state index contributed by atoms with van der Waals surface area (Å²) in [5, 5.41) is 7.04. The average molecular weight is 434 g/mol. The maximum absolute atomic E-state index is 13.9. The third-order valence-corrected chi connectivity index (χ3v) is 5.35. The van der Waals surface area contributed by atoms with E-state index in [1.165, 1.54) is 16.9 Å². The molecule has 0 saturated heterocycles. The van der Waals surface area contributed by atoms with E-state index in [0.29, 0.717) is 23.5 Å². The molecular weight excluding hydrogens is 417 g/mol. The number of nitrogens with zero attached hydrogens (tertiary/aromatic N) is 2. The van der Waals surface area contributed by atoms with Crippen LogP contribution in [0, 0.1) is 12.7 Å². The Labute approximate surface area is 163 Å². The fourth-order valence-corrected chi connectivity index (χ4v) is 3.49. The first-order chi connectivity index (χ1) is 12.6. The first-order valence-corrected chi connectivity index (χ1v) is 9.80. The van der Waals surface area contributed by atoms with Gasteiger partial charge in [0, 0.05) is 21.7 Å². The van der Waals surface area contributed by atoms with Gasteiger partial charge >= 0.3 is 0 Å².